The van der Waals surface area contributed by atoms with Crippen molar-refractivity contribution < 1.29 is 14.3 Å². The van der Waals surface area contributed by atoms with Crippen molar-refractivity contribution in [3.05, 3.63) is 29.8 Å². The molecule has 0 saturated carbocycles. The molecule has 0 aliphatic rings. The summed E-state index contributed by atoms with van der Waals surface area (Å²) in [5, 5.41) is 0. The minimum atomic E-state index is -0.229. The van der Waals surface area contributed by atoms with Gasteiger partial charge in [-0.25, -0.2) is 0 Å². The van der Waals surface area contributed by atoms with E-state index in [2.05, 4.69) is 0 Å². The Morgan fingerprint density at radius 1 is 1.22 bits per heavy atom. The average molecular weight is 284 g/mol. The molecule has 0 saturated heterocycles. The SMILES string of the molecule is CCOC(=O)Cc1ccccc1SC(=S)OCC. The van der Waals surface area contributed by atoms with Gasteiger partial charge >= 0.3 is 5.97 Å². The number of ether oxygens (including phenoxy) is 2. The Morgan fingerprint density at radius 2 is 1.89 bits per heavy atom. The van der Waals surface area contributed by atoms with Crippen LogP contribution in [0.15, 0.2) is 29.2 Å². The van der Waals surface area contributed by atoms with Crippen LogP contribution in [0, 0.1) is 0 Å². The lowest BCUT2D eigenvalue weighted by Gasteiger charge is -2.09. The summed E-state index contributed by atoms with van der Waals surface area (Å²) in [6.07, 6.45) is 0.256. The van der Waals surface area contributed by atoms with Crippen LogP contribution >= 0.6 is 24.0 Å². The zero-order valence-corrected chi connectivity index (χ0v) is 12.1. The molecule has 1 rings (SSSR count). The zero-order valence-electron chi connectivity index (χ0n) is 10.5. The van der Waals surface area contributed by atoms with Gasteiger partial charge in [0.2, 0.25) is 4.38 Å². The molecule has 5 heteroatoms. The molecule has 0 unspecified atom stereocenters. The Kier molecular flexibility index (Phi) is 6.75. The van der Waals surface area contributed by atoms with E-state index in [0.717, 1.165) is 10.5 Å². The fourth-order valence-corrected chi connectivity index (χ4v) is 2.52. The smallest absolute Gasteiger partial charge is 0.310 e. The summed E-state index contributed by atoms with van der Waals surface area (Å²) in [5.74, 6) is -0.229. The number of hydrogen-bond donors (Lipinski definition) is 0. The molecular weight excluding hydrogens is 268 g/mol. The number of benzene rings is 1. The third-order valence-corrected chi connectivity index (χ3v) is 3.34. The molecule has 0 N–H and O–H groups in total. The summed E-state index contributed by atoms with van der Waals surface area (Å²) < 4.78 is 10.6. The highest BCUT2D eigenvalue weighted by atomic mass is 32.2. The van der Waals surface area contributed by atoms with Crippen LogP contribution in [-0.4, -0.2) is 23.6 Å². The molecule has 0 atom stereocenters. The molecule has 1 aromatic carbocycles. The molecular formula is C13H16O3S2. The second-order valence-corrected chi connectivity index (χ2v) is 5.02. The van der Waals surface area contributed by atoms with Gasteiger partial charge in [0, 0.05) is 4.90 Å². The van der Waals surface area contributed by atoms with Crippen molar-refractivity contribution in [1.29, 1.82) is 0 Å². The molecule has 0 spiro atoms. The molecule has 0 aliphatic heterocycles. The van der Waals surface area contributed by atoms with Gasteiger partial charge in [0.1, 0.15) is 0 Å². The summed E-state index contributed by atoms with van der Waals surface area (Å²) in [7, 11) is 0. The number of esters is 1. The monoisotopic (exact) mass is 284 g/mol. The quantitative estimate of drug-likeness (QED) is 0.471. The van der Waals surface area contributed by atoms with E-state index < -0.39 is 0 Å². The predicted molar refractivity (Wildman–Crippen MR) is 76.9 cm³/mol. The Hall–Kier alpha value is -1.07. The molecule has 0 aliphatic carbocycles. The Labute approximate surface area is 117 Å². The fraction of sp³-hybridized carbons (Fsp3) is 0.385. The van der Waals surface area contributed by atoms with Crippen LogP contribution in [0.4, 0.5) is 0 Å². The lowest BCUT2D eigenvalue weighted by Crippen LogP contribution is -2.08. The van der Waals surface area contributed by atoms with E-state index in [-0.39, 0.29) is 12.4 Å². The molecule has 1 aromatic rings. The van der Waals surface area contributed by atoms with Crippen molar-refractivity contribution in [3.63, 3.8) is 0 Å². The molecule has 98 valence electrons. The third-order valence-electron chi connectivity index (χ3n) is 2.07. The molecule has 3 nitrogen and oxygen atoms in total. The standard InChI is InChI=1S/C13H16O3S2/c1-3-15-12(14)9-10-7-5-6-8-11(10)18-13(17)16-4-2/h5-8H,3-4,9H2,1-2H3. The number of rotatable bonds is 5. The third kappa shape index (κ3) is 5.06. The van der Waals surface area contributed by atoms with Gasteiger partial charge in [0.05, 0.1) is 19.6 Å². The van der Waals surface area contributed by atoms with Gasteiger partial charge < -0.3 is 9.47 Å². The first-order chi connectivity index (χ1) is 8.67. The number of hydrogen-bond acceptors (Lipinski definition) is 5. The second-order valence-electron chi connectivity index (χ2n) is 3.37. The van der Waals surface area contributed by atoms with E-state index in [1.54, 1.807) is 6.92 Å². The lowest BCUT2D eigenvalue weighted by atomic mass is 10.1. The molecule has 0 heterocycles. The molecule has 0 bridgehead atoms. The van der Waals surface area contributed by atoms with Gasteiger partial charge in [-0.1, -0.05) is 18.2 Å². The first-order valence-electron chi connectivity index (χ1n) is 5.75. The van der Waals surface area contributed by atoms with Crippen molar-refractivity contribution in [3.8, 4) is 0 Å². The van der Waals surface area contributed by atoms with Crippen LogP contribution in [0.5, 0.6) is 0 Å². The van der Waals surface area contributed by atoms with Crippen LogP contribution in [0.3, 0.4) is 0 Å². The summed E-state index contributed by atoms with van der Waals surface area (Å²) in [6.45, 7) is 4.62. The lowest BCUT2D eigenvalue weighted by molar-refractivity contribution is -0.142. The Balaban J connectivity index is 2.73. The number of thioether (sulfide) groups is 1. The van der Waals surface area contributed by atoms with Crippen LogP contribution in [0.1, 0.15) is 19.4 Å². The highest BCUT2D eigenvalue weighted by molar-refractivity contribution is 8.22. The van der Waals surface area contributed by atoms with E-state index in [9.17, 15) is 4.79 Å². The van der Waals surface area contributed by atoms with Gasteiger partial charge in [-0.05, 0) is 49.5 Å². The summed E-state index contributed by atoms with van der Waals surface area (Å²) in [6, 6.07) is 7.62. The van der Waals surface area contributed by atoms with E-state index in [1.165, 1.54) is 11.8 Å². The van der Waals surface area contributed by atoms with Crippen LogP contribution in [-0.2, 0) is 20.7 Å². The minimum absolute atomic E-state index is 0.229. The highest BCUT2D eigenvalue weighted by Gasteiger charge is 2.10. The molecule has 0 aromatic heterocycles. The van der Waals surface area contributed by atoms with Gasteiger partial charge in [-0.3, -0.25) is 4.79 Å². The first-order valence-corrected chi connectivity index (χ1v) is 6.98. The normalized spacial score (nSPS) is 9.89. The van der Waals surface area contributed by atoms with Crippen molar-refractivity contribution >= 4 is 34.3 Å². The number of carbonyl (C=O) groups is 1. The van der Waals surface area contributed by atoms with E-state index >= 15 is 0 Å². The van der Waals surface area contributed by atoms with Crippen molar-refractivity contribution in [2.24, 2.45) is 0 Å². The zero-order chi connectivity index (χ0) is 13.4. The molecule has 0 amide bonds. The maximum Gasteiger partial charge on any atom is 0.310 e. The minimum Gasteiger partial charge on any atom is -0.479 e. The Bertz CT molecular complexity index is 379. The first kappa shape index (κ1) is 15.0. The predicted octanol–water partition coefficient (Wildman–Crippen LogP) is 3.21. The van der Waals surface area contributed by atoms with E-state index in [4.69, 9.17) is 21.7 Å². The summed E-state index contributed by atoms with van der Waals surface area (Å²) in [5.41, 5.74) is 0.906. The van der Waals surface area contributed by atoms with E-state index in [1.807, 2.05) is 31.2 Å². The summed E-state index contributed by atoms with van der Waals surface area (Å²) in [4.78, 5) is 12.4. The van der Waals surface area contributed by atoms with Crippen LogP contribution in [0.2, 0.25) is 0 Å². The van der Waals surface area contributed by atoms with Crippen LogP contribution < -0.4 is 0 Å². The maximum absolute atomic E-state index is 11.5. The van der Waals surface area contributed by atoms with Gasteiger partial charge in [-0.15, -0.1) is 0 Å². The highest BCUT2D eigenvalue weighted by Crippen LogP contribution is 2.25. The molecule has 0 radical (unpaired) electrons. The van der Waals surface area contributed by atoms with Crippen molar-refractivity contribution in [2.45, 2.75) is 25.2 Å². The average Bonchev–Trinajstić information content (AvgIpc) is 2.32. The Morgan fingerprint density at radius 3 is 2.56 bits per heavy atom. The van der Waals surface area contributed by atoms with Gasteiger partial charge in [-0.2, -0.15) is 0 Å². The molecule has 0 fully saturated rings. The number of carbonyl (C=O) groups excluding carboxylic acids is 1. The largest absolute Gasteiger partial charge is 0.479 e. The van der Waals surface area contributed by atoms with Gasteiger partial charge in [0.15, 0.2) is 0 Å². The fourth-order valence-electron chi connectivity index (χ4n) is 1.35. The van der Waals surface area contributed by atoms with Crippen molar-refractivity contribution in [2.75, 3.05) is 13.2 Å². The summed E-state index contributed by atoms with van der Waals surface area (Å²) >= 11 is 6.44. The van der Waals surface area contributed by atoms with Crippen molar-refractivity contribution in [1.82, 2.24) is 0 Å². The second kappa shape index (κ2) is 8.11. The number of thiocarbonyl (C=S) groups is 1. The van der Waals surface area contributed by atoms with Gasteiger partial charge in [0.25, 0.3) is 0 Å². The maximum atomic E-state index is 11.5. The van der Waals surface area contributed by atoms with Crippen LogP contribution in [0.25, 0.3) is 0 Å². The molecule has 18 heavy (non-hydrogen) atoms. The van der Waals surface area contributed by atoms with E-state index in [0.29, 0.717) is 17.6 Å². The topological polar surface area (TPSA) is 35.5 Å².